The number of aliphatic hydroxyl groups is 1. The largest absolute Gasteiger partial charge is 0.392 e. The standard InChI is InChI=1S/C13H21NO/c1-9-13(2,3)11-6-5-10(8-15)7-12(11)14(9)4/h7,9,15H,5-6,8H2,1-4H3. The summed E-state index contributed by atoms with van der Waals surface area (Å²) in [4.78, 5) is 2.35. The number of aliphatic hydroxyl groups excluding tert-OH is 1. The Balaban J connectivity index is 2.42. The van der Waals surface area contributed by atoms with Crippen LogP contribution in [0.3, 0.4) is 0 Å². The summed E-state index contributed by atoms with van der Waals surface area (Å²) in [5.74, 6) is 0. The Morgan fingerprint density at radius 2 is 2.13 bits per heavy atom. The van der Waals surface area contributed by atoms with E-state index in [-0.39, 0.29) is 12.0 Å². The van der Waals surface area contributed by atoms with Crippen LogP contribution in [0.25, 0.3) is 0 Å². The van der Waals surface area contributed by atoms with Gasteiger partial charge in [0.25, 0.3) is 0 Å². The molecule has 2 nitrogen and oxygen atoms in total. The van der Waals surface area contributed by atoms with Crippen LogP contribution < -0.4 is 0 Å². The molecule has 1 heterocycles. The Labute approximate surface area is 92.3 Å². The Bertz CT molecular complexity index is 338. The highest BCUT2D eigenvalue weighted by molar-refractivity contribution is 5.41. The van der Waals surface area contributed by atoms with Gasteiger partial charge in [-0.05, 0) is 37.0 Å². The Morgan fingerprint density at radius 1 is 1.47 bits per heavy atom. The molecule has 2 heteroatoms. The number of hydrogen-bond donors (Lipinski definition) is 1. The van der Waals surface area contributed by atoms with Gasteiger partial charge in [0.15, 0.2) is 0 Å². The van der Waals surface area contributed by atoms with E-state index in [2.05, 4.69) is 38.8 Å². The highest BCUT2D eigenvalue weighted by Crippen LogP contribution is 2.47. The first kappa shape index (κ1) is 10.7. The molecule has 15 heavy (non-hydrogen) atoms. The lowest BCUT2D eigenvalue weighted by molar-refractivity contribution is 0.239. The quantitative estimate of drug-likeness (QED) is 0.713. The van der Waals surface area contributed by atoms with E-state index in [0.717, 1.165) is 12.8 Å². The first-order valence-electron chi connectivity index (χ1n) is 5.75. The van der Waals surface area contributed by atoms with Crippen molar-refractivity contribution in [2.45, 2.75) is 39.7 Å². The third-order valence-corrected chi connectivity index (χ3v) is 4.33. The second-order valence-corrected chi connectivity index (χ2v) is 5.33. The molecule has 1 aliphatic heterocycles. The van der Waals surface area contributed by atoms with Crippen molar-refractivity contribution in [3.63, 3.8) is 0 Å². The molecule has 0 saturated carbocycles. The average molecular weight is 207 g/mol. The van der Waals surface area contributed by atoms with Crippen molar-refractivity contribution in [2.75, 3.05) is 13.7 Å². The number of rotatable bonds is 1. The van der Waals surface area contributed by atoms with Crippen LogP contribution in [0, 0.1) is 5.41 Å². The number of allylic oxidation sites excluding steroid dienone is 1. The van der Waals surface area contributed by atoms with Crippen LogP contribution in [0.4, 0.5) is 0 Å². The fraction of sp³-hybridized carbons (Fsp3) is 0.692. The molecular formula is C13H21NO. The number of nitrogens with zero attached hydrogens (tertiary/aromatic N) is 1. The van der Waals surface area contributed by atoms with Crippen LogP contribution in [-0.2, 0) is 0 Å². The second-order valence-electron chi connectivity index (χ2n) is 5.33. The predicted molar refractivity (Wildman–Crippen MR) is 62.4 cm³/mol. The summed E-state index contributed by atoms with van der Waals surface area (Å²) in [6, 6.07) is 0.553. The van der Waals surface area contributed by atoms with E-state index in [1.165, 1.54) is 11.3 Å². The topological polar surface area (TPSA) is 23.5 Å². The average Bonchev–Trinajstić information content (AvgIpc) is 2.40. The molecule has 0 aromatic heterocycles. The maximum atomic E-state index is 9.18. The van der Waals surface area contributed by atoms with E-state index in [9.17, 15) is 5.11 Å². The Hall–Kier alpha value is -0.760. The summed E-state index contributed by atoms with van der Waals surface area (Å²) in [5, 5.41) is 9.18. The van der Waals surface area contributed by atoms with Crippen LogP contribution in [0.2, 0.25) is 0 Å². The minimum atomic E-state index is 0.208. The summed E-state index contributed by atoms with van der Waals surface area (Å²) in [6.45, 7) is 7.15. The normalized spacial score (nSPS) is 29.3. The zero-order valence-electron chi connectivity index (χ0n) is 10.2. The molecule has 1 atom stereocenters. The molecule has 0 saturated heterocycles. The van der Waals surface area contributed by atoms with Crippen molar-refractivity contribution in [1.29, 1.82) is 0 Å². The van der Waals surface area contributed by atoms with Crippen LogP contribution in [0.15, 0.2) is 22.9 Å². The highest BCUT2D eigenvalue weighted by Gasteiger charge is 2.42. The molecule has 2 aliphatic rings. The first-order valence-corrected chi connectivity index (χ1v) is 5.75. The third-order valence-electron chi connectivity index (χ3n) is 4.33. The summed E-state index contributed by atoms with van der Waals surface area (Å²) in [7, 11) is 2.16. The van der Waals surface area contributed by atoms with Gasteiger partial charge in [-0.2, -0.15) is 0 Å². The molecule has 0 fully saturated rings. The van der Waals surface area contributed by atoms with Gasteiger partial charge in [0, 0.05) is 24.2 Å². The fourth-order valence-electron chi connectivity index (χ4n) is 2.80. The molecule has 1 N–H and O–H groups in total. The molecule has 1 unspecified atom stereocenters. The van der Waals surface area contributed by atoms with Crippen LogP contribution in [0.1, 0.15) is 33.6 Å². The summed E-state index contributed by atoms with van der Waals surface area (Å²) in [6.07, 6.45) is 4.33. The van der Waals surface area contributed by atoms with Gasteiger partial charge in [-0.1, -0.05) is 13.8 Å². The zero-order chi connectivity index (χ0) is 11.2. The Morgan fingerprint density at radius 3 is 2.73 bits per heavy atom. The van der Waals surface area contributed by atoms with Gasteiger partial charge >= 0.3 is 0 Å². The second kappa shape index (κ2) is 3.38. The van der Waals surface area contributed by atoms with Crippen molar-refractivity contribution in [1.82, 2.24) is 4.90 Å². The molecule has 0 radical (unpaired) electrons. The lowest BCUT2D eigenvalue weighted by Crippen LogP contribution is -2.33. The molecule has 0 bridgehead atoms. The Kier molecular flexibility index (Phi) is 2.42. The highest BCUT2D eigenvalue weighted by atomic mass is 16.3. The van der Waals surface area contributed by atoms with E-state index in [1.54, 1.807) is 5.57 Å². The van der Waals surface area contributed by atoms with Crippen LogP contribution in [0.5, 0.6) is 0 Å². The van der Waals surface area contributed by atoms with Crippen LogP contribution >= 0.6 is 0 Å². The number of hydrogen-bond acceptors (Lipinski definition) is 2. The van der Waals surface area contributed by atoms with Crippen molar-refractivity contribution < 1.29 is 5.11 Å². The molecular weight excluding hydrogens is 186 g/mol. The number of likely N-dealkylation sites (N-methyl/N-ethyl adjacent to an activating group) is 1. The maximum Gasteiger partial charge on any atom is 0.0645 e. The van der Waals surface area contributed by atoms with Gasteiger partial charge in [-0.15, -0.1) is 0 Å². The lowest BCUT2D eigenvalue weighted by Gasteiger charge is -2.30. The molecule has 0 amide bonds. The van der Waals surface area contributed by atoms with Gasteiger partial charge in [0.05, 0.1) is 6.61 Å². The van der Waals surface area contributed by atoms with Crippen molar-refractivity contribution >= 4 is 0 Å². The van der Waals surface area contributed by atoms with Gasteiger partial charge in [0.1, 0.15) is 0 Å². The van der Waals surface area contributed by atoms with Gasteiger partial charge in [-0.3, -0.25) is 0 Å². The minimum absolute atomic E-state index is 0.208. The SMILES string of the molecule is CC1N(C)C2=C(CCC(CO)=C2)C1(C)C. The molecule has 84 valence electrons. The molecule has 0 aromatic carbocycles. The van der Waals surface area contributed by atoms with E-state index in [4.69, 9.17) is 0 Å². The fourth-order valence-corrected chi connectivity index (χ4v) is 2.80. The summed E-state index contributed by atoms with van der Waals surface area (Å²) in [5.41, 5.74) is 4.37. The lowest BCUT2D eigenvalue weighted by atomic mass is 9.76. The minimum Gasteiger partial charge on any atom is -0.392 e. The van der Waals surface area contributed by atoms with E-state index < -0.39 is 0 Å². The first-order chi connectivity index (χ1) is 6.98. The zero-order valence-corrected chi connectivity index (χ0v) is 10.2. The summed E-state index contributed by atoms with van der Waals surface area (Å²) < 4.78 is 0. The van der Waals surface area contributed by atoms with Gasteiger partial charge in [0.2, 0.25) is 0 Å². The van der Waals surface area contributed by atoms with Crippen molar-refractivity contribution in [3.05, 3.63) is 22.9 Å². The van der Waals surface area contributed by atoms with Crippen molar-refractivity contribution in [2.24, 2.45) is 5.41 Å². The monoisotopic (exact) mass is 207 g/mol. The molecule has 1 aliphatic carbocycles. The molecule has 0 aromatic rings. The molecule has 0 spiro atoms. The van der Waals surface area contributed by atoms with Crippen molar-refractivity contribution in [3.8, 4) is 0 Å². The van der Waals surface area contributed by atoms with Gasteiger partial charge < -0.3 is 10.0 Å². The van der Waals surface area contributed by atoms with Gasteiger partial charge in [-0.25, -0.2) is 0 Å². The maximum absolute atomic E-state index is 9.18. The van der Waals surface area contributed by atoms with E-state index in [0.29, 0.717) is 6.04 Å². The third kappa shape index (κ3) is 1.43. The smallest absolute Gasteiger partial charge is 0.0645 e. The molecule has 2 rings (SSSR count). The van der Waals surface area contributed by atoms with E-state index in [1.807, 2.05) is 0 Å². The summed E-state index contributed by atoms with van der Waals surface area (Å²) >= 11 is 0. The van der Waals surface area contributed by atoms with E-state index >= 15 is 0 Å². The van der Waals surface area contributed by atoms with Crippen LogP contribution in [-0.4, -0.2) is 29.7 Å². The predicted octanol–water partition coefficient (Wildman–Crippen LogP) is 2.31.